The van der Waals surface area contributed by atoms with E-state index < -0.39 is 0 Å². The van der Waals surface area contributed by atoms with Crippen LogP contribution in [0.15, 0.2) is 29.2 Å². The topological polar surface area (TPSA) is 26.0 Å². The van der Waals surface area contributed by atoms with Crippen LogP contribution in [0.2, 0.25) is 0 Å². The van der Waals surface area contributed by atoms with Gasteiger partial charge in [0.15, 0.2) is 0 Å². The Balaban J connectivity index is 2.64. The van der Waals surface area contributed by atoms with Crippen LogP contribution in [-0.2, 0) is 0 Å². The first-order chi connectivity index (χ1) is 6.63. The fourth-order valence-electron chi connectivity index (χ4n) is 1.17. The van der Waals surface area contributed by atoms with Crippen molar-refractivity contribution in [2.24, 2.45) is 5.73 Å². The molecule has 14 heavy (non-hydrogen) atoms. The van der Waals surface area contributed by atoms with Crippen LogP contribution in [0.1, 0.15) is 38.8 Å². The minimum absolute atomic E-state index is 0.137. The molecule has 1 aromatic carbocycles. The molecule has 1 rings (SSSR count). The normalized spacial score (nSPS) is 15.1. The van der Waals surface area contributed by atoms with Gasteiger partial charge in [-0.2, -0.15) is 0 Å². The molecule has 0 heterocycles. The van der Waals surface area contributed by atoms with E-state index in [-0.39, 0.29) is 6.04 Å². The molecule has 0 aliphatic rings. The van der Waals surface area contributed by atoms with Crippen LogP contribution >= 0.6 is 11.8 Å². The summed E-state index contributed by atoms with van der Waals surface area (Å²) in [5.41, 5.74) is 6.99. The van der Waals surface area contributed by atoms with E-state index in [9.17, 15) is 0 Å². The van der Waals surface area contributed by atoms with Gasteiger partial charge in [0, 0.05) is 16.2 Å². The largest absolute Gasteiger partial charge is 0.324 e. The highest BCUT2D eigenvalue weighted by Gasteiger charge is 2.02. The van der Waals surface area contributed by atoms with E-state index in [0.717, 1.165) is 0 Å². The van der Waals surface area contributed by atoms with E-state index in [4.69, 9.17) is 5.73 Å². The first kappa shape index (κ1) is 11.6. The molecule has 0 aliphatic carbocycles. The van der Waals surface area contributed by atoms with Crippen molar-refractivity contribution in [2.45, 2.75) is 43.4 Å². The van der Waals surface area contributed by atoms with Crippen LogP contribution < -0.4 is 5.73 Å². The van der Waals surface area contributed by atoms with Crippen molar-refractivity contribution in [1.29, 1.82) is 0 Å². The molecule has 0 radical (unpaired) electrons. The molecule has 1 aromatic rings. The minimum atomic E-state index is 0.137. The van der Waals surface area contributed by atoms with Gasteiger partial charge in [-0.3, -0.25) is 0 Å². The number of hydrogen-bond donors (Lipinski definition) is 1. The third-order valence-corrected chi connectivity index (χ3v) is 3.60. The Kier molecular flexibility index (Phi) is 4.49. The highest BCUT2D eigenvalue weighted by molar-refractivity contribution is 7.99. The summed E-state index contributed by atoms with van der Waals surface area (Å²) < 4.78 is 0. The summed E-state index contributed by atoms with van der Waals surface area (Å²) in [5.74, 6) is 0. The maximum atomic E-state index is 5.78. The molecule has 0 fully saturated rings. The summed E-state index contributed by atoms with van der Waals surface area (Å²) in [4.78, 5) is 1.34. The predicted octanol–water partition coefficient (Wildman–Crippen LogP) is 3.60. The van der Waals surface area contributed by atoms with E-state index in [2.05, 4.69) is 38.1 Å². The van der Waals surface area contributed by atoms with Crippen LogP contribution in [0.3, 0.4) is 0 Å². The fraction of sp³-hybridized carbons (Fsp3) is 0.500. The molecule has 0 aromatic heterocycles. The summed E-state index contributed by atoms with van der Waals surface area (Å²) in [7, 11) is 0. The summed E-state index contributed by atoms with van der Waals surface area (Å²) in [5, 5.41) is 0.691. The van der Waals surface area contributed by atoms with Gasteiger partial charge in [-0.1, -0.05) is 26.0 Å². The summed E-state index contributed by atoms with van der Waals surface area (Å²) in [6, 6.07) is 8.70. The Hall–Kier alpha value is -0.470. The summed E-state index contributed by atoms with van der Waals surface area (Å²) >= 11 is 1.92. The third kappa shape index (κ3) is 3.35. The molecule has 0 aliphatic heterocycles. The number of rotatable bonds is 4. The first-order valence-corrected chi connectivity index (χ1v) is 6.03. The van der Waals surface area contributed by atoms with E-state index >= 15 is 0 Å². The number of nitrogens with two attached hydrogens (primary N) is 1. The highest BCUT2D eigenvalue weighted by atomic mass is 32.2. The second-order valence-corrected chi connectivity index (χ2v) is 5.21. The smallest absolute Gasteiger partial charge is 0.0266 e. The molecule has 1 nitrogen and oxygen atoms in total. The molecule has 0 saturated carbocycles. The molecule has 2 heteroatoms. The lowest BCUT2D eigenvalue weighted by molar-refractivity contribution is 0.816. The summed E-state index contributed by atoms with van der Waals surface area (Å²) in [6.07, 6.45) is 1.21. The third-order valence-electron chi connectivity index (χ3n) is 2.32. The molecular weight excluding hydrogens is 190 g/mol. The molecule has 0 spiro atoms. The highest BCUT2D eigenvalue weighted by Crippen LogP contribution is 2.25. The van der Waals surface area contributed by atoms with Gasteiger partial charge < -0.3 is 5.73 Å². The molecule has 2 unspecified atom stereocenters. The van der Waals surface area contributed by atoms with E-state index in [1.807, 2.05) is 18.7 Å². The van der Waals surface area contributed by atoms with Crippen molar-refractivity contribution in [3.63, 3.8) is 0 Å². The van der Waals surface area contributed by atoms with Gasteiger partial charge in [-0.15, -0.1) is 11.8 Å². The molecule has 78 valence electrons. The molecule has 2 atom stereocenters. The predicted molar refractivity (Wildman–Crippen MR) is 64.7 cm³/mol. The standard InChI is InChI=1S/C12H19NS/c1-4-9(2)14-12-7-5-11(6-8-12)10(3)13/h5-10H,4,13H2,1-3H3. The first-order valence-electron chi connectivity index (χ1n) is 5.15. The average molecular weight is 209 g/mol. The van der Waals surface area contributed by atoms with Crippen molar-refractivity contribution in [1.82, 2.24) is 0 Å². The zero-order chi connectivity index (χ0) is 10.6. The molecule has 0 saturated heterocycles. The molecule has 0 amide bonds. The monoisotopic (exact) mass is 209 g/mol. The van der Waals surface area contributed by atoms with Crippen LogP contribution in [0.5, 0.6) is 0 Å². The van der Waals surface area contributed by atoms with Crippen LogP contribution in [0.25, 0.3) is 0 Å². The van der Waals surface area contributed by atoms with Gasteiger partial charge in [0.25, 0.3) is 0 Å². The SMILES string of the molecule is CCC(C)Sc1ccc(C(C)N)cc1. The van der Waals surface area contributed by atoms with Crippen molar-refractivity contribution >= 4 is 11.8 Å². The van der Waals surface area contributed by atoms with Crippen LogP contribution in [0, 0.1) is 0 Å². The van der Waals surface area contributed by atoms with Crippen molar-refractivity contribution in [3.8, 4) is 0 Å². The average Bonchev–Trinajstić information content (AvgIpc) is 2.18. The van der Waals surface area contributed by atoms with Gasteiger partial charge in [-0.25, -0.2) is 0 Å². The molecular formula is C12H19NS. The summed E-state index contributed by atoms with van der Waals surface area (Å²) in [6.45, 7) is 6.48. The van der Waals surface area contributed by atoms with Crippen LogP contribution in [-0.4, -0.2) is 5.25 Å². The number of thioether (sulfide) groups is 1. The van der Waals surface area contributed by atoms with E-state index in [1.54, 1.807) is 0 Å². The fourth-order valence-corrected chi connectivity index (χ4v) is 2.09. The van der Waals surface area contributed by atoms with Gasteiger partial charge in [0.05, 0.1) is 0 Å². The molecule has 0 bridgehead atoms. The Labute approximate surface area is 91.1 Å². The maximum absolute atomic E-state index is 5.78. The maximum Gasteiger partial charge on any atom is 0.0266 e. The van der Waals surface area contributed by atoms with Gasteiger partial charge in [0.1, 0.15) is 0 Å². The second-order valence-electron chi connectivity index (χ2n) is 3.69. The minimum Gasteiger partial charge on any atom is -0.324 e. The van der Waals surface area contributed by atoms with Crippen molar-refractivity contribution in [3.05, 3.63) is 29.8 Å². The Morgan fingerprint density at radius 2 is 1.79 bits per heavy atom. The Bertz CT molecular complexity index is 266. The zero-order valence-electron chi connectivity index (χ0n) is 9.16. The lowest BCUT2D eigenvalue weighted by atomic mass is 10.1. The quantitative estimate of drug-likeness (QED) is 0.767. The Morgan fingerprint density at radius 3 is 2.21 bits per heavy atom. The van der Waals surface area contributed by atoms with Crippen molar-refractivity contribution in [2.75, 3.05) is 0 Å². The Morgan fingerprint density at radius 1 is 1.21 bits per heavy atom. The van der Waals surface area contributed by atoms with Gasteiger partial charge >= 0.3 is 0 Å². The zero-order valence-corrected chi connectivity index (χ0v) is 9.97. The number of benzene rings is 1. The van der Waals surface area contributed by atoms with E-state index in [1.165, 1.54) is 16.9 Å². The van der Waals surface area contributed by atoms with Crippen molar-refractivity contribution < 1.29 is 0 Å². The lowest BCUT2D eigenvalue weighted by Crippen LogP contribution is -2.04. The molecule has 2 N–H and O–H groups in total. The van der Waals surface area contributed by atoms with Gasteiger partial charge in [0.2, 0.25) is 0 Å². The lowest BCUT2D eigenvalue weighted by Gasteiger charge is -2.10. The number of hydrogen-bond acceptors (Lipinski definition) is 2. The van der Waals surface area contributed by atoms with Crippen LogP contribution in [0.4, 0.5) is 0 Å². The van der Waals surface area contributed by atoms with Gasteiger partial charge in [-0.05, 0) is 31.0 Å². The van der Waals surface area contributed by atoms with E-state index in [0.29, 0.717) is 5.25 Å². The second kappa shape index (κ2) is 5.42.